The maximum Gasteiger partial charge on any atom is 0.499 e. The van der Waals surface area contributed by atoms with E-state index >= 15 is 0 Å². The van der Waals surface area contributed by atoms with Gasteiger partial charge in [-0.2, -0.15) is 0 Å². The lowest BCUT2D eigenvalue weighted by atomic mass is 9.97. The van der Waals surface area contributed by atoms with Gasteiger partial charge in [0.25, 0.3) is 0 Å². The van der Waals surface area contributed by atoms with E-state index in [4.69, 9.17) is 9.26 Å². The number of rotatable bonds is 60. The predicted octanol–water partition coefficient (Wildman–Crippen LogP) is 1.57. The van der Waals surface area contributed by atoms with E-state index in [2.05, 4.69) is 250 Å². The van der Waals surface area contributed by atoms with Crippen molar-refractivity contribution in [2.75, 3.05) is 33.5 Å². The van der Waals surface area contributed by atoms with E-state index in [0.717, 1.165) is 24.5 Å². The van der Waals surface area contributed by atoms with Crippen molar-refractivity contribution in [3.05, 3.63) is 47.9 Å². The highest BCUT2D eigenvalue weighted by molar-refractivity contribution is 7.47. The molecule has 52 nitrogen and oxygen atoms in total. The average molecular weight is 1160 g/mol. The summed E-state index contributed by atoms with van der Waals surface area (Å²) < 4.78 is 30.5. The first kappa shape index (κ1) is 69.4. The van der Waals surface area contributed by atoms with Crippen molar-refractivity contribution in [3.63, 3.8) is 0 Å². The number of phosphoric ester groups is 1. The molecule has 0 saturated heterocycles. The summed E-state index contributed by atoms with van der Waals surface area (Å²) in [6.07, 6.45) is 3.50. The van der Waals surface area contributed by atoms with Gasteiger partial charge in [-0.3, -0.25) is 9.32 Å². The van der Waals surface area contributed by atoms with Crippen LogP contribution in [0, 0.1) is 5.92 Å². The zero-order chi connectivity index (χ0) is 54.2. The summed E-state index contributed by atoms with van der Waals surface area (Å²) in [5.74, 6) is -0.351. The van der Waals surface area contributed by atoms with E-state index in [1.165, 1.54) is 12.7 Å². The van der Waals surface area contributed by atoms with Crippen LogP contribution in [0.25, 0.3) is 0 Å². The van der Waals surface area contributed by atoms with Crippen molar-refractivity contribution in [2.45, 2.75) is 46.0 Å². The SMILES string of the molecule is COC=COOOOOOOOOOOOOOOOOOOOOOOOOOOOOOOOOOOOOOOOOOOOCCOOP(=O)(O)OCCCCOC(=O)C(C)c1ccc(CC(C)C)cc1. The van der Waals surface area contributed by atoms with Crippen LogP contribution in [0.15, 0.2) is 36.8 Å². The Bertz CT molecular complexity index is 1430. The van der Waals surface area contributed by atoms with Crippen LogP contribution in [0.5, 0.6) is 0 Å². The lowest BCUT2D eigenvalue weighted by molar-refractivity contribution is -0.909. The number of hydrogen-bond donors (Lipinski definition) is 1. The zero-order valence-corrected chi connectivity index (χ0v) is 37.7. The van der Waals surface area contributed by atoms with Crippen molar-refractivity contribution in [3.8, 4) is 0 Å². The molecule has 1 aromatic rings. The molecular weight excluding hydrogens is 1130 g/mol. The first-order chi connectivity index (χ1) is 36.7. The molecule has 2 unspecified atom stereocenters. The number of carbonyl (C=O) groups excluding carboxylic acids is 1. The van der Waals surface area contributed by atoms with Crippen molar-refractivity contribution in [2.24, 2.45) is 5.92 Å². The van der Waals surface area contributed by atoms with Crippen LogP contribution in [0.4, 0.5) is 0 Å². The molecule has 440 valence electrons. The van der Waals surface area contributed by atoms with Crippen LogP contribution in [0.2, 0.25) is 0 Å². The second-order valence-corrected chi connectivity index (χ2v) is 11.8. The first-order valence-electron chi connectivity index (χ1n) is 17.7. The summed E-state index contributed by atoms with van der Waals surface area (Å²) in [4.78, 5) is 34.9. The summed E-state index contributed by atoms with van der Waals surface area (Å²) >= 11 is 0. The molecule has 1 rings (SSSR count). The third-order valence-corrected chi connectivity index (χ3v) is 6.19. The standard InChI is InChI=1S/C22H35O52P/c1-18(2)17-20-7-9-21(10-8-20)19(3)22(23)27-11-5-6-12-31-75(24,25)74-30-16-15-29-33-35-37-39-41-43-45-47-49-51-53-55-57-59-61-63-65-67-69-71-73-72-70-68-66-64-62-60-58-56-54-52-50-48-46-44-42-40-38-36-34-32-28-14-13-26-4/h7-10,13-14,18-19H,5-6,11-12,15-17H2,1-4H3,(H,24,25). The predicted molar refractivity (Wildman–Crippen MR) is 165 cm³/mol. The Labute approximate surface area is 407 Å². The minimum atomic E-state index is -4.59. The van der Waals surface area contributed by atoms with E-state index in [1.54, 1.807) is 6.92 Å². The van der Waals surface area contributed by atoms with Crippen molar-refractivity contribution < 1.29 is 259 Å². The summed E-state index contributed by atoms with van der Waals surface area (Å²) in [7, 11) is -3.27. The maximum atomic E-state index is 12.3. The summed E-state index contributed by atoms with van der Waals surface area (Å²) in [5.41, 5.74) is 2.01. The van der Waals surface area contributed by atoms with Gasteiger partial charge in [0.2, 0.25) is 0 Å². The maximum absolute atomic E-state index is 12.3. The van der Waals surface area contributed by atoms with Crippen LogP contribution in [0.3, 0.4) is 0 Å². The monoisotopic (exact) mass is 1160 g/mol. The van der Waals surface area contributed by atoms with Gasteiger partial charge in [-0.25, -0.2) is 14.3 Å². The zero-order valence-electron chi connectivity index (χ0n) is 36.8. The number of carbonyl (C=O) groups is 1. The molecule has 75 heavy (non-hydrogen) atoms. The normalized spacial score (nSPS) is 13.0. The topological polar surface area (TPSA) is 507 Å². The van der Waals surface area contributed by atoms with Gasteiger partial charge in [0.05, 0.1) is 26.2 Å². The number of methoxy groups -OCH3 is 1. The third kappa shape index (κ3) is 49.7. The third-order valence-electron chi connectivity index (χ3n) is 5.39. The van der Waals surface area contributed by atoms with E-state index in [-0.39, 0.29) is 19.6 Å². The van der Waals surface area contributed by atoms with Gasteiger partial charge in [-0.1, -0.05) is 38.1 Å². The lowest BCUT2D eigenvalue weighted by Gasteiger charge is -2.13. The molecule has 0 aliphatic rings. The number of esters is 1. The van der Waals surface area contributed by atoms with E-state index < -0.39 is 32.9 Å². The minimum absolute atomic E-state index is 0.0725. The molecule has 2 atom stereocenters. The Hall–Kier alpha value is -3.62. The Kier molecular flexibility index (Phi) is 49.7. The molecule has 0 aliphatic carbocycles. The van der Waals surface area contributed by atoms with Crippen LogP contribution in [0.1, 0.15) is 50.7 Å². The molecule has 53 heteroatoms. The van der Waals surface area contributed by atoms with Crippen molar-refractivity contribution in [1.82, 2.24) is 0 Å². The van der Waals surface area contributed by atoms with Crippen molar-refractivity contribution >= 4 is 13.8 Å². The fourth-order valence-electron chi connectivity index (χ4n) is 3.05. The van der Waals surface area contributed by atoms with Gasteiger partial charge in [-0.05, 0) is 83.5 Å². The Balaban J connectivity index is 1.69. The Morgan fingerprint density at radius 2 is 0.787 bits per heavy atom. The number of phosphoric acid groups is 1. The summed E-state index contributed by atoms with van der Waals surface area (Å²) in [6, 6.07) is 7.76. The van der Waals surface area contributed by atoms with E-state index in [0.29, 0.717) is 12.3 Å². The van der Waals surface area contributed by atoms with Crippen LogP contribution >= 0.6 is 7.82 Å². The molecule has 1 aromatic carbocycles. The lowest BCUT2D eigenvalue weighted by Crippen LogP contribution is -2.14. The molecule has 1 N–H and O–H groups in total. The van der Waals surface area contributed by atoms with Crippen molar-refractivity contribution in [1.29, 1.82) is 0 Å². The first-order valence-corrected chi connectivity index (χ1v) is 19.2. The second kappa shape index (κ2) is 53.8. The summed E-state index contributed by atoms with van der Waals surface area (Å²) in [5, 5.41) is 151. The molecule has 0 fully saturated rings. The van der Waals surface area contributed by atoms with Gasteiger partial charge in [0.1, 0.15) is 19.5 Å². The number of ether oxygens (including phenoxy) is 2. The van der Waals surface area contributed by atoms with E-state index in [9.17, 15) is 14.3 Å². The number of unbranched alkanes of at least 4 members (excludes halogenated alkanes) is 1. The quantitative estimate of drug-likeness (QED) is 0.0241. The second-order valence-electron chi connectivity index (χ2n) is 10.4. The molecule has 0 amide bonds. The molecule has 0 saturated carbocycles. The Morgan fingerprint density at radius 1 is 0.453 bits per heavy atom. The van der Waals surface area contributed by atoms with Crippen LogP contribution in [-0.2, 0) is 261 Å². The fourth-order valence-corrected chi connectivity index (χ4v) is 3.66. The highest BCUT2D eigenvalue weighted by Crippen LogP contribution is 2.43. The molecule has 0 radical (unpaired) electrons. The fraction of sp³-hybridized carbons (Fsp3) is 0.591. The van der Waals surface area contributed by atoms with Gasteiger partial charge < -0.3 is 19.3 Å². The van der Waals surface area contributed by atoms with Gasteiger partial charge in [0, 0.05) is 171 Å². The largest absolute Gasteiger partial charge is 0.501 e. The molecule has 0 aromatic heterocycles. The number of hydrogen-bond acceptors (Lipinski definition) is 51. The molecule has 0 heterocycles. The highest BCUT2D eigenvalue weighted by atomic mass is 31.2. The van der Waals surface area contributed by atoms with Gasteiger partial charge in [0.15, 0.2) is 6.26 Å². The highest BCUT2D eigenvalue weighted by Gasteiger charge is 2.23. The minimum Gasteiger partial charge on any atom is -0.501 e. The summed E-state index contributed by atoms with van der Waals surface area (Å²) in [6.45, 7) is 4.90. The number of benzene rings is 1. The smallest absolute Gasteiger partial charge is 0.499 e. The van der Waals surface area contributed by atoms with Gasteiger partial charge >= 0.3 is 13.8 Å². The molecule has 0 bridgehead atoms. The Morgan fingerprint density at radius 3 is 1.15 bits per heavy atom. The average Bonchev–Trinajstić information content (AvgIpc) is 3.40. The van der Waals surface area contributed by atoms with Gasteiger partial charge in [-0.15, -0.1) is 4.67 Å². The molecular formula is C22H35O52P. The van der Waals surface area contributed by atoms with E-state index in [1.807, 2.05) is 24.3 Å². The van der Waals surface area contributed by atoms with Crippen LogP contribution in [-0.4, -0.2) is 44.4 Å². The van der Waals surface area contributed by atoms with Crippen LogP contribution < -0.4 is 0 Å². The molecule has 0 aliphatic heterocycles. The molecule has 0 spiro atoms.